The summed E-state index contributed by atoms with van der Waals surface area (Å²) in [7, 11) is 0. The van der Waals surface area contributed by atoms with Crippen molar-refractivity contribution >= 4 is 22.8 Å². The van der Waals surface area contributed by atoms with Crippen LogP contribution in [0, 0.1) is 0 Å². The van der Waals surface area contributed by atoms with Crippen molar-refractivity contribution < 1.29 is 4.79 Å². The van der Waals surface area contributed by atoms with Crippen LogP contribution >= 0.6 is 0 Å². The number of aromatic nitrogens is 4. The van der Waals surface area contributed by atoms with E-state index in [0.717, 1.165) is 30.1 Å². The molecule has 0 bridgehead atoms. The number of Topliss-reactive ketones (excluding diaryl/α,β-unsaturated/α-hetero) is 1. The molecule has 0 unspecified atom stereocenters. The van der Waals surface area contributed by atoms with Crippen LogP contribution in [-0.2, 0) is 11.3 Å². The molecule has 3 rings (SSSR count). The van der Waals surface area contributed by atoms with E-state index in [1.165, 1.54) is 12.8 Å². The molecule has 18 heavy (non-hydrogen) atoms. The second kappa shape index (κ2) is 4.36. The van der Waals surface area contributed by atoms with Crippen LogP contribution in [0.25, 0.3) is 11.2 Å². The molecular formula is C12H15N5O. The maximum absolute atomic E-state index is 11.2. The Morgan fingerprint density at radius 1 is 1.28 bits per heavy atom. The fourth-order valence-corrected chi connectivity index (χ4v) is 2.38. The minimum atomic E-state index is 0.0932. The predicted molar refractivity (Wildman–Crippen MR) is 67.5 cm³/mol. The molecule has 94 valence electrons. The van der Waals surface area contributed by atoms with Crippen LogP contribution in [0.15, 0.2) is 12.7 Å². The van der Waals surface area contributed by atoms with E-state index in [0.29, 0.717) is 6.54 Å². The van der Waals surface area contributed by atoms with Crippen LogP contribution in [0.5, 0.6) is 0 Å². The van der Waals surface area contributed by atoms with Gasteiger partial charge in [0.15, 0.2) is 17.0 Å². The molecule has 2 aromatic rings. The molecule has 0 spiro atoms. The van der Waals surface area contributed by atoms with E-state index in [4.69, 9.17) is 0 Å². The van der Waals surface area contributed by atoms with Crippen molar-refractivity contribution in [2.24, 2.45) is 0 Å². The van der Waals surface area contributed by atoms with Crippen molar-refractivity contribution in [3.63, 3.8) is 0 Å². The molecule has 2 aromatic heterocycles. The van der Waals surface area contributed by atoms with Gasteiger partial charge in [0, 0.05) is 13.1 Å². The summed E-state index contributed by atoms with van der Waals surface area (Å²) in [5.74, 6) is 0.982. The van der Waals surface area contributed by atoms with Crippen molar-refractivity contribution in [2.75, 3.05) is 18.0 Å². The fourth-order valence-electron chi connectivity index (χ4n) is 2.38. The Balaban J connectivity index is 2.06. The number of hydrogen-bond donors (Lipinski definition) is 0. The number of nitrogens with zero attached hydrogens (tertiary/aromatic N) is 5. The molecule has 0 radical (unpaired) electrons. The number of carbonyl (C=O) groups excluding carboxylic acids is 1. The molecule has 1 fully saturated rings. The van der Waals surface area contributed by atoms with Gasteiger partial charge in [-0.05, 0) is 19.8 Å². The molecule has 0 saturated carbocycles. The predicted octanol–water partition coefficient (Wildman–Crippen LogP) is 1.02. The highest BCUT2D eigenvalue weighted by molar-refractivity contribution is 5.85. The number of fused-ring (bicyclic) bond motifs is 1. The smallest absolute Gasteiger partial charge is 0.165 e. The number of hydrogen-bond acceptors (Lipinski definition) is 5. The van der Waals surface area contributed by atoms with E-state index in [1.807, 2.05) is 0 Å². The standard InChI is InChI=1S/C12H15N5O/c1-9(18)6-17-8-15-10-11(13-7-14-12(10)17)16-4-2-3-5-16/h7-8H,2-6H2,1H3. The van der Waals surface area contributed by atoms with E-state index >= 15 is 0 Å². The van der Waals surface area contributed by atoms with Gasteiger partial charge in [-0.25, -0.2) is 15.0 Å². The van der Waals surface area contributed by atoms with Crippen molar-refractivity contribution in [1.29, 1.82) is 0 Å². The van der Waals surface area contributed by atoms with Crippen LogP contribution in [0.4, 0.5) is 5.82 Å². The first-order chi connectivity index (χ1) is 8.75. The van der Waals surface area contributed by atoms with Gasteiger partial charge in [-0.3, -0.25) is 4.79 Å². The topological polar surface area (TPSA) is 63.9 Å². The number of carbonyl (C=O) groups is 1. The normalized spacial score (nSPS) is 15.5. The first kappa shape index (κ1) is 11.1. The van der Waals surface area contributed by atoms with Gasteiger partial charge >= 0.3 is 0 Å². The minimum Gasteiger partial charge on any atom is -0.355 e. The lowest BCUT2D eigenvalue weighted by atomic mass is 10.4. The van der Waals surface area contributed by atoms with Crippen LogP contribution < -0.4 is 4.90 Å². The Morgan fingerprint density at radius 2 is 2.06 bits per heavy atom. The van der Waals surface area contributed by atoms with Gasteiger partial charge in [0.25, 0.3) is 0 Å². The van der Waals surface area contributed by atoms with Crippen LogP contribution in [-0.4, -0.2) is 38.4 Å². The summed E-state index contributed by atoms with van der Waals surface area (Å²) in [4.78, 5) is 26.4. The average Bonchev–Trinajstić information content (AvgIpc) is 2.98. The van der Waals surface area contributed by atoms with E-state index in [-0.39, 0.29) is 5.78 Å². The second-order valence-electron chi connectivity index (χ2n) is 4.64. The maximum atomic E-state index is 11.2. The molecule has 6 nitrogen and oxygen atoms in total. The zero-order chi connectivity index (χ0) is 12.5. The van der Waals surface area contributed by atoms with Crippen molar-refractivity contribution in [3.8, 4) is 0 Å². The number of anilines is 1. The van der Waals surface area contributed by atoms with Crippen molar-refractivity contribution in [1.82, 2.24) is 19.5 Å². The number of rotatable bonds is 3. The molecule has 0 atom stereocenters. The van der Waals surface area contributed by atoms with E-state index in [1.54, 1.807) is 24.1 Å². The summed E-state index contributed by atoms with van der Waals surface area (Å²) in [5.41, 5.74) is 1.53. The van der Waals surface area contributed by atoms with Gasteiger partial charge in [-0.15, -0.1) is 0 Å². The van der Waals surface area contributed by atoms with E-state index in [9.17, 15) is 4.79 Å². The van der Waals surface area contributed by atoms with Gasteiger partial charge in [0.2, 0.25) is 0 Å². The Morgan fingerprint density at radius 3 is 2.78 bits per heavy atom. The largest absolute Gasteiger partial charge is 0.355 e. The van der Waals surface area contributed by atoms with Crippen molar-refractivity contribution in [2.45, 2.75) is 26.3 Å². The lowest BCUT2D eigenvalue weighted by Crippen LogP contribution is -2.19. The SMILES string of the molecule is CC(=O)Cn1cnc2c(N3CCCC3)ncnc21. The quantitative estimate of drug-likeness (QED) is 0.807. The van der Waals surface area contributed by atoms with Crippen LogP contribution in [0.2, 0.25) is 0 Å². The third-order valence-electron chi connectivity index (χ3n) is 3.18. The highest BCUT2D eigenvalue weighted by atomic mass is 16.1. The monoisotopic (exact) mass is 245 g/mol. The summed E-state index contributed by atoms with van der Waals surface area (Å²) in [6.45, 7) is 3.92. The third kappa shape index (κ3) is 1.83. The lowest BCUT2D eigenvalue weighted by Gasteiger charge is -2.15. The van der Waals surface area contributed by atoms with Crippen LogP contribution in [0.1, 0.15) is 19.8 Å². The Bertz CT molecular complexity index is 585. The molecule has 3 heterocycles. The van der Waals surface area contributed by atoms with E-state index < -0.39 is 0 Å². The first-order valence-corrected chi connectivity index (χ1v) is 6.16. The zero-order valence-electron chi connectivity index (χ0n) is 10.3. The van der Waals surface area contributed by atoms with Gasteiger partial charge in [-0.1, -0.05) is 0 Å². The summed E-state index contributed by atoms with van der Waals surface area (Å²) in [6.07, 6.45) is 5.61. The minimum absolute atomic E-state index is 0.0932. The lowest BCUT2D eigenvalue weighted by molar-refractivity contribution is -0.117. The number of imidazole rings is 1. The maximum Gasteiger partial charge on any atom is 0.165 e. The van der Waals surface area contributed by atoms with Gasteiger partial charge in [0.1, 0.15) is 12.1 Å². The highest BCUT2D eigenvalue weighted by Gasteiger charge is 2.19. The van der Waals surface area contributed by atoms with Crippen LogP contribution in [0.3, 0.4) is 0 Å². The summed E-state index contributed by atoms with van der Waals surface area (Å²) in [6, 6.07) is 0. The van der Waals surface area contributed by atoms with Gasteiger partial charge < -0.3 is 9.47 Å². The second-order valence-corrected chi connectivity index (χ2v) is 4.64. The molecule has 0 aromatic carbocycles. The van der Waals surface area contributed by atoms with Gasteiger partial charge in [-0.2, -0.15) is 0 Å². The van der Waals surface area contributed by atoms with E-state index in [2.05, 4.69) is 19.9 Å². The third-order valence-corrected chi connectivity index (χ3v) is 3.18. The zero-order valence-corrected chi connectivity index (χ0v) is 10.3. The Labute approximate surface area is 105 Å². The Kier molecular flexibility index (Phi) is 2.70. The molecule has 0 amide bonds. The summed E-state index contributed by atoms with van der Waals surface area (Å²) < 4.78 is 1.78. The molecule has 1 saturated heterocycles. The fraction of sp³-hybridized carbons (Fsp3) is 0.500. The number of ketones is 1. The molecule has 0 N–H and O–H groups in total. The molecule has 6 heteroatoms. The molecule has 1 aliphatic rings. The highest BCUT2D eigenvalue weighted by Crippen LogP contribution is 2.24. The Hall–Kier alpha value is -1.98. The van der Waals surface area contributed by atoms with Gasteiger partial charge in [0.05, 0.1) is 12.9 Å². The first-order valence-electron chi connectivity index (χ1n) is 6.16. The molecule has 0 aliphatic carbocycles. The summed E-state index contributed by atoms with van der Waals surface area (Å²) in [5, 5.41) is 0. The molecule has 1 aliphatic heterocycles. The average molecular weight is 245 g/mol. The summed E-state index contributed by atoms with van der Waals surface area (Å²) >= 11 is 0. The molecular weight excluding hydrogens is 230 g/mol. The van der Waals surface area contributed by atoms with Crippen molar-refractivity contribution in [3.05, 3.63) is 12.7 Å².